The van der Waals surface area contributed by atoms with Gasteiger partial charge in [-0.1, -0.05) is 0 Å². The number of alkyl halides is 3. The fourth-order valence-corrected chi connectivity index (χ4v) is 3.23. The molecule has 6 nitrogen and oxygen atoms in total. The molecule has 3 aromatic heterocycles. The molecule has 0 aliphatic heterocycles. The lowest BCUT2D eigenvalue weighted by Crippen LogP contribution is -2.05. The summed E-state index contributed by atoms with van der Waals surface area (Å²) in [6.45, 7) is 0. The van der Waals surface area contributed by atoms with Crippen molar-refractivity contribution in [1.82, 2.24) is 19.9 Å². The SMILES string of the molecule is COc1ccc2nc(-c3cccnc3)nc(Nc3nc(C(F)(F)F)cs3)c2c1. The van der Waals surface area contributed by atoms with Crippen LogP contribution in [0.2, 0.25) is 0 Å². The molecule has 142 valence electrons. The standard InChI is InChI=1S/C18H12F3N5OS/c1-27-11-4-5-13-12(7-11)16(25-15(23-13)10-3-2-6-22-8-10)26-17-24-14(9-28-17)18(19,20)21/h2-9H,1H3,(H,23,24,25,26). The van der Waals surface area contributed by atoms with Gasteiger partial charge in [-0.05, 0) is 30.3 Å². The lowest BCUT2D eigenvalue weighted by Gasteiger charge is -2.10. The molecule has 0 saturated carbocycles. The van der Waals surface area contributed by atoms with Crippen molar-refractivity contribution in [3.63, 3.8) is 0 Å². The monoisotopic (exact) mass is 403 g/mol. The van der Waals surface area contributed by atoms with Crippen molar-refractivity contribution in [3.05, 3.63) is 53.8 Å². The molecule has 0 fully saturated rings. The number of aromatic nitrogens is 4. The van der Waals surface area contributed by atoms with Crippen LogP contribution in [0.15, 0.2) is 48.1 Å². The first-order valence-electron chi connectivity index (χ1n) is 8.00. The summed E-state index contributed by atoms with van der Waals surface area (Å²) < 4.78 is 43.8. The van der Waals surface area contributed by atoms with Crippen molar-refractivity contribution < 1.29 is 17.9 Å². The van der Waals surface area contributed by atoms with E-state index < -0.39 is 11.9 Å². The van der Waals surface area contributed by atoms with E-state index in [9.17, 15) is 13.2 Å². The summed E-state index contributed by atoms with van der Waals surface area (Å²) in [5.74, 6) is 1.29. The van der Waals surface area contributed by atoms with E-state index >= 15 is 0 Å². The maximum absolute atomic E-state index is 12.8. The van der Waals surface area contributed by atoms with Crippen LogP contribution in [0.5, 0.6) is 5.75 Å². The molecule has 1 aromatic carbocycles. The minimum Gasteiger partial charge on any atom is -0.497 e. The van der Waals surface area contributed by atoms with Gasteiger partial charge >= 0.3 is 6.18 Å². The molecule has 0 amide bonds. The molecule has 0 spiro atoms. The van der Waals surface area contributed by atoms with Crippen LogP contribution in [-0.4, -0.2) is 27.0 Å². The van der Waals surface area contributed by atoms with Gasteiger partial charge in [0.1, 0.15) is 11.6 Å². The Labute approximate surface area is 161 Å². The van der Waals surface area contributed by atoms with E-state index in [1.165, 1.54) is 7.11 Å². The summed E-state index contributed by atoms with van der Waals surface area (Å²) >= 11 is 0.845. The molecular weight excluding hydrogens is 391 g/mol. The number of methoxy groups -OCH3 is 1. The maximum atomic E-state index is 12.8. The quantitative estimate of drug-likeness (QED) is 0.522. The van der Waals surface area contributed by atoms with Crippen LogP contribution in [-0.2, 0) is 6.18 Å². The molecule has 0 aliphatic rings. The lowest BCUT2D eigenvalue weighted by molar-refractivity contribution is -0.140. The van der Waals surface area contributed by atoms with Crippen molar-refractivity contribution in [2.45, 2.75) is 6.18 Å². The second kappa shape index (κ2) is 7.04. The number of hydrogen-bond donors (Lipinski definition) is 1. The first-order valence-corrected chi connectivity index (χ1v) is 8.88. The lowest BCUT2D eigenvalue weighted by atomic mass is 10.2. The van der Waals surface area contributed by atoms with Gasteiger partial charge in [0.05, 0.1) is 12.6 Å². The molecule has 1 N–H and O–H groups in total. The van der Waals surface area contributed by atoms with Crippen molar-refractivity contribution in [2.24, 2.45) is 0 Å². The second-order valence-corrected chi connectivity index (χ2v) is 6.54. The molecule has 0 atom stereocenters. The van der Waals surface area contributed by atoms with Crippen LogP contribution in [0.25, 0.3) is 22.3 Å². The van der Waals surface area contributed by atoms with Gasteiger partial charge in [0.2, 0.25) is 0 Å². The number of pyridine rings is 1. The number of hydrogen-bond acceptors (Lipinski definition) is 7. The fraction of sp³-hybridized carbons (Fsp3) is 0.111. The summed E-state index contributed by atoms with van der Waals surface area (Å²) in [5.41, 5.74) is 0.326. The van der Waals surface area contributed by atoms with Gasteiger partial charge in [-0.3, -0.25) is 4.98 Å². The Morgan fingerprint density at radius 2 is 1.96 bits per heavy atom. The van der Waals surface area contributed by atoms with Gasteiger partial charge < -0.3 is 10.1 Å². The highest BCUT2D eigenvalue weighted by molar-refractivity contribution is 7.13. The number of benzene rings is 1. The third-order valence-electron chi connectivity index (χ3n) is 3.84. The largest absolute Gasteiger partial charge is 0.497 e. The third kappa shape index (κ3) is 3.58. The number of nitrogens with zero attached hydrogens (tertiary/aromatic N) is 4. The number of halogens is 3. The molecule has 28 heavy (non-hydrogen) atoms. The van der Waals surface area contributed by atoms with E-state index in [2.05, 4.69) is 25.3 Å². The Kier molecular flexibility index (Phi) is 4.55. The van der Waals surface area contributed by atoms with Crippen LogP contribution in [0.3, 0.4) is 0 Å². The average molecular weight is 403 g/mol. The molecule has 0 aliphatic carbocycles. The molecule has 0 unspecified atom stereocenters. The second-order valence-electron chi connectivity index (χ2n) is 5.68. The Bertz CT molecular complexity index is 1130. The number of nitrogens with one attached hydrogen (secondary N) is 1. The first-order chi connectivity index (χ1) is 13.4. The molecule has 4 rings (SSSR count). The van der Waals surface area contributed by atoms with Crippen LogP contribution in [0, 0.1) is 0 Å². The number of rotatable bonds is 4. The molecule has 0 saturated heterocycles. The van der Waals surface area contributed by atoms with Crippen molar-refractivity contribution in [2.75, 3.05) is 12.4 Å². The predicted molar refractivity (Wildman–Crippen MR) is 99.7 cm³/mol. The summed E-state index contributed by atoms with van der Waals surface area (Å²) in [4.78, 5) is 16.7. The third-order valence-corrected chi connectivity index (χ3v) is 4.60. The van der Waals surface area contributed by atoms with E-state index in [0.29, 0.717) is 33.9 Å². The molecule has 0 radical (unpaired) electrons. The topological polar surface area (TPSA) is 72.8 Å². The van der Waals surface area contributed by atoms with Crippen molar-refractivity contribution >= 4 is 33.2 Å². The summed E-state index contributed by atoms with van der Waals surface area (Å²) in [6, 6.07) is 8.76. The highest BCUT2D eigenvalue weighted by Gasteiger charge is 2.33. The van der Waals surface area contributed by atoms with Gasteiger partial charge in [0.15, 0.2) is 16.6 Å². The Hall–Kier alpha value is -3.27. The smallest absolute Gasteiger partial charge is 0.434 e. The van der Waals surface area contributed by atoms with Crippen LogP contribution < -0.4 is 10.1 Å². The number of thiazole rings is 1. The molecule has 10 heteroatoms. The van der Waals surface area contributed by atoms with E-state index in [1.807, 2.05) is 0 Å². The van der Waals surface area contributed by atoms with Gasteiger partial charge in [0.25, 0.3) is 0 Å². The van der Waals surface area contributed by atoms with Crippen LogP contribution >= 0.6 is 11.3 Å². The summed E-state index contributed by atoms with van der Waals surface area (Å²) in [6.07, 6.45) is -1.27. The van der Waals surface area contributed by atoms with Gasteiger partial charge in [-0.15, -0.1) is 11.3 Å². The minimum atomic E-state index is -4.51. The normalized spacial score (nSPS) is 11.6. The maximum Gasteiger partial charge on any atom is 0.434 e. The number of anilines is 2. The Balaban J connectivity index is 1.83. The van der Waals surface area contributed by atoms with E-state index in [-0.39, 0.29) is 5.13 Å². The fourth-order valence-electron chi connectivity index (χ4n) is 2.52. The number of fused-ring (bicyclic) bond motifs is 1. The van der Waals surface area contributed by atoms with E-state index in [0.717, 1.165) is 16.7 Å². The van der Waals surface area contributed by atoms with Crippen LogP contribution in [0.1, 0.15) is 5.69 Å². The average Bonchev–Trinajstić information content (AvgIpc) is 3.17. The predicted octanol–water partition coefficient (Wildman–Crippen LogP) is 4.92. The minimum absolute atomic E-state index is 0.0762. The molecule has 3 heterocycles. The Morgan fingerprint density at radius 3 is 2.64 bits per heavy atom. The summed E-state index contributed by atoms with van der Waals surface area (Å²) in [5, 5.41) is 4.50. The molecule has 0 bridgehead atoms. The van der Waals surface area contributed by atoms with E-state index in [4.69, 9.17) is 4.74 Å². The highest BCUT2D eigenvalue weighted by atomic mass is 32.1. The van der Waals surface area contributed by atoms with Crippen LogP contribution in [0.4, 0.5) is 24.1 Å². The number of ether oxygens (including phenoxy) is 1. The Morgan fingerprint density at radius 1 is 1.11 bits per heavy atom. The van der Waals surface area contributed by atoms with E-state index in [1.54, 1.807) is 42.7 Å². The van der Waals surface area contributed by atoms with Gasteiger partial charge in [0, 0.05) is 28.7 Å². The van der Waals surface area contributed by atoms with Crippen molar-refractivity contribution in [1.29, 1.82) is 0 Å². The first kappa shape index (κ1) is 18.1. The van der Waals surface area contributed by atoms with Crippen molar-refractivity contribution in [3.8, 4) is 17.1 Å². The zero-order valence-electron chi connectivity index (χ0n) is 14.4. The zero-order chi connectivity index (χ0) is 19.7. The molecular formula is C18H12F3N5OS. The zero-order valence-corrected chi connectivity index (χ0v) is 15.2. The van der Waals surface area contributed by atoms with Gasteiger partial charge in [-0.2, -0.15) is 13.2 Å². The summed E-state index contributed by atoms with van der Waals surface area (Å²) in [7, 11) is 1.52. The van der Waals surface area contributed by atoms with Gasteiger partial charge in [-0.25, -0.2) is 15.0 Å². The highest BCUT2D eigenvalue weighted by Crippen LogP contribution is 2.34. The molecule has 4 aromatic rings.